The lowest BCUT2D eigenvalue weighted by Crippen LogP contribution is -1.98. The second kappa shape index (κ2) is 4.43. The average Bonchev–Trinajstić information content (AvgIpc) is 2.25. The van der Waals surface area contributed by atoms with Crippen molar-refractivity contribution in [2.45, 2.75) is 0 Å². The van der Waals surface area contributed by atoms with Gasteiger partial charge >= 0.3 is 0 Å². The molecule has 2 aromatic carbocycles. The Morgan fingerprint density at radius 3 is 2.35 bits per heavy atom. The molecule has 0 fully saturated rings. The smallest absolute Gasteiger partial charge is 0.117 e. The van der Waals surface area contributed by atoms with Crippen molar-refractivity contribution < 1.29 is 5.11 Å². The van der Waals surface area contributed by atoms with Crippen molar-refractivity contribution in [1.82, 2.24) is 0 Å². The summed E-state index contributed by atoms with van der Waals surface area (Å²) in [6.07, 6.45) is 0. The van der Waals surface area contributed by atoms with Gasteiger partial charge in [-0.05, 0) is 30.3 Å². The van der Waals surface area contributed by atoms with E-state index in [1.54, 1.807) is 30.3 Å². The Balaban J connectivity index is 2.31. The van der Waals surface area contributed by atoms with Crippen molar-refractivity contribution in [2.75, 3.05) is 16.8 Å². The highest BCUT2D eigenvalue weighted by Gasteiger charge is 2.04. The Kier molecular flexibility index (Phi) is 2.97. The van der Waals surface area contributed by atoms with Crippen LogP contribution in [0.15, 0.2) is 36.4 Å². The topological polar surface area (TPSA) is 84.3 Å². The molecular formula is C12H12ClN3O. The summed E-state index contributed by atoms with van der Waals surface area (Å²) in [6, 6.07) is 9.85. The van der Waals surface area contributed by atoms with Gasteiger partial charge in [0.15, 0.2) is 0 Å². The van der Waals surface area contributed by atoms with Gasteiger partial charge in [0.05, 0.1) is 22.1 Å². The van der Waals surface area contributed by atoms with E-state index in [-0.39, 0.29) is 5.75 Å². The Morgan fingerprint density at radius 1 is 1.00 bits per heavy atom. The number of nitrogens with two attached hydrogens (primary N) is 2. The average molecular weight is 250 g/mol. The highest BCUT2D eigenvalue weighted by atomic mass is 35.5. The highest BCUT2D eigenvalue weighted by Crippen LogP contribution is 2.31. The third kappa shape index (κ3) is 2.54. The van der Waals surface area contributed by atoms with Gasteiger partial charge in [0.2, 0.25) is 0 Å². The molecule has 0 aliphatic rings. The number of phenolic OH excluding ortho intramolecular Hbond substituents is 1. The van der Waals surface area contributed by atoms with Crippen molar-refractivity contribution in [2.24, 2.45) is 0 Å². The fourth-order valence-electron chi connectivity index (χ4n) is 1.45. The highest BCUT2D eigenvalue weighted by molar-refractivity contribution is 6.33. The first-order chi connectivity index (χ1) is 8.06. The molecule has 2 aromatic rings. The zero-order valence-corrected chi connectivity index (χ0v) is 9.70. The van der Waals surface area contributed by atoms with Crippen molar-refractivity contribution >= 4 is 34.4 Å². The minimum absolute atomic E-state index is 0.117. The van der Waals surface area contributed by atoms with Gasteiger partial charge in [0, 0.05) is 11.8 Å². The van der Waals surface area contributed by atoms with E-state index >= 15 is 0 Å². The standard InChI is InChI=1S/C12H12ClN3O/c13-9-6-8(17)2-4-11(9)16-12-3-1-7(14)5-10(12)15/h1-6,16-17H,14-15H2. The molecule has 17 heavy (non-hydrogen) atoms. The molecule has 0 saturated heterocycles. The van der Waals surface area contributed by atoms with Gasteiger partial charge in [0.25, 0.3) is 0 Å². The van der Waals surface area contributed by atoms with Crippen molar-refractivity contribution in [3.8, 4) is 5.75 Å². The molecule has 0 aliphatic heterocycles. The largest absolute Gasteiger partial charge is 0.508 e. The number of rotatable bonds is 2. The van der Waals surface area contributed by atoms with Crippen LogP contribution in [0, 0.1) is 0 Å². The minimum atomic E-state index is 0.117. The van der Waals surface area contributed by atoms with Gasteiger partial charge in [-0.1, -0.05) is 11.6 Å². The van der Waals surface area contributed by atoms with Crippen LogP contribution in [0.5, 0.6) is 5.75 Å². The van der Waals surface area contributed by atoms with Crippen LogP contribution in [0.25, 0.3) is 0 Å². The number of phenols is 1. The molecule has 0 saturated carbocycles. The quantitative estimate of drug-likeness (QED) is 0.487. The zero-order valence-electron chi connectivity index (χ0n) is 8.94. The van der Waals surface area contributed by atoms with E-state index in [1.807, 2.05) is 0 Å². The van der Waals surface area contributed by atoms with Crippen LogP contribution in [-0.4, -0.2) is 5.11 Å². The predicted octanol–water partition coefficient (Wildman–Crippen LogP) is 2.95. The maximum Gasteiger partial charge on any atom is 0.117 e. The maximum absolute atomic E-state index is 9.24. The lowest BCUT2D eigenvalue weighted by atomic mass is 10.2. The van der Waals surface area contributed by atoms with Crippen LogP contribution in [0.2, 0.25) is 5.02 Å². The Bertz CT molecular complexity index is 508. The SMILES string of the molecule is Nc1ccc(Nc2ccc(O)cc2Cl)c(N)c1. The third-order valence-corrected chi connectivity index (χ3v) is 2.61. The first kappa shape index (κ1) is 11.4. The van der Waals surface area contributed by atoms with Gasteiger partial charge in [0.1, 0.15) is 5.75 Å². The molecule has 5 heteroatoms. The van der Waals surface area contributed by atoms with Crippen LogP contribution < -0.4 is 16.8 Å². The van der Waals surface area contributed by atoms with E-state index in [0.717, 1.165) is 0 Å². The van der Waals surface area contributed by atoms with Crippen LogP contribution in [-0.2, 0) is 0 Å². The van der Waals surface area contributed by atoms with Crippen LogP contribution >= 0.6 is 11.6 Å². The van der Waals surface area contributed by atoms with Crippen molar-refractivity contribution in [3.63, 3.8) is 0 Å². The van der Waals surface area contributed by atoms with E-state index in [9.17, 15) is 5.11 Å². The maximum atomic E-state index is 9.24. The molecule has 0 aliphatic carbocycles. The van der Waals surface area contributed by atoms with Gasteiger partial charge in [-0.15, -0.1) is 0 Å². The Morgan fingerprint density at radius 2 is 1.71 bits per heavy atom. The monoisotopic (exact) mass is 249 g/mol. The first-order valence-corrected chi connectivity index (χ1v) is 5.34. The normalized spacial score (nSPS) is 10.2. The lowest BCUT2D eigenvalue weighted by Gasteiger charge is -2.11. The van der Waals surface area contributed by atoms with E-state index in [1.165, 1.54) is 6.07 Å². The summed E-state index contributed by atoms with van der Waals surface area (Å²) in [7, 11) is 0. The third-order valence-electron chi connectivity index (χ3n) is 2.30. The molecule has 4 nitrogen and oxygen atoms in total. The van der Waals surface area contributed by atoms with E-state index in [0.29, 0.717) is 27.8 Å². The number of aromatic hydroxyl groups is 1. The summed E-state index contributed by atoms with van der Waals surface area (Å²) in [4.78, 5) is 0. The molecule has 88 valence electrons. The second-order valence-electron chi connectivity index (χ2n) is 3.64. The van der Waals surface area contributed by atoms with Gasteiger partial charge in [-0.25, -0.2) is 0 Å². The fourth-order valence-corrected chi connectivity index (χ4v) is 1.67. The molecular weight excluding hydrogens is 238 g/mol. The van der Waals surface area contributed by atoms with E-state index in [2.05, 4.69) is 5.32 Å². The number of hydrogen-bond donors (Lipinski definition) is 4. The summed E-state index contributed by atoms with van der Waals surface area (Å²) in [5.74, 6) is 0.117. The van der Waals surface area contributed by atoms with E-state index < -0.39 is 0 Å². The molecule has 0 atom stereocenters. The number of halogens is 1. The summed E-state index contributed by atoms with van der Waals surface area (Å²) in [5, 5.41) is 12.7. The van der Waals surface area contributed by atoms with Crippen LogP contribution in [0.1, 0.15) is 0 Å². The number of nitrogens with one attached hydrogen (secondary N) is 1. The lowest BCUT2D eigenvalue weighted by molar-refractivity contribution is 0.475. The molecule has 0 aromatic heterocycles. The number of anilines is 4. The Labute approximate surface area is 104 Å². The summed E-state index contributed by atoms with van der Waals surface area (Å²) >= 11 is 5.98. The first-order valence-electron chi connectivity index (χ1n) is 4.97. The molecule has 0 spiro atoms. The summed E-state index contributed by atoms with van der Waals surface area (Å²) in [6.45, 7) is 0. The van der Waals surface area contributed by atoms with Crippen LogP contribution in [0.3, 0.4) is 0 Å². The molecule has 0 unspecified atom stereocenters. The van der Waals surface area contributed by atoms with Gasteiger partial charge in [-0.3, -0.25) is 0 Å². The summed E-state index contributed by atoms with van der Waals surface area (Å²) < 4.78 is 0. The number of hydrogen-bond acceptors (Lipinski definition) is 4. The second-order valence-corrected chi connectivity index (χ2v) is 4.04. The minimum Gasteiger partial charge on any atom is -0.508 e. The molecule has 0 amide bonds. The van der Waals surface area contributed by atoms with Crippen molar-refractivity contribution in [1.29, 1.82) is 0 Å². The van der Waals surface area contributed by atoms with Gasteiger partial charge < -0.3 is 21.9 Å². The number of nitrogen functional groups attached to an aromatic ring is 2. The fraction of sp³-hybridized carbons (Fsp3) is 0. The molecule has 0 heterocycles. The van der Waals surface area contributed by atoms with Crippen LogP contribution in [0.4, 0.5) is 22.7 Å². The molecule has 0 radical (unpaired) electrons. The van der Waals surface area contributed by atoms with Crippen molar-refractivity contribution in [3.05, 3.63) is 41.4 Å². The Hall–Kier alpha value is -2.07. The molecule has 2 rings (SSSR count). The zero-order chi connectivity index (χ0) is 12.4. The van der Waals surface area contributed by atoms with Gasteiger partial charge in [-0.2, -0.15) is 0 Å². The van der Waals surface area contributed by atoms with E-state index in [4.69, 9.17) is 23.1 Å². The molecule has 0 bridgehead atoms. The predicted molar refractivity (Wildman–Crippen MR) is 71.7 cm³/mol. The molecule has 6 N–H and O–H groups in total. The number of benzene rings is 2. The summed E-state index contributed by atoms with van der Waals surface area (Å²) in [5.41, 5.74) is 13.9.